The Morgan fingerprint density at radius 3 is 2.19 bits per heavy atom. The van der Waals surface area contributed by atoms with Crippen molar-refractivity contribution in [1.82, 2.24) is 4.98 Å². The monoisotopic (exact) mass is 469 g/mol. The highest BCUT2D eigenvalue weighted by atomic mass is 35.5. The van der Waals surface area contributed by atoms with E-state index in [1.54, 1.807) is 0 Å². The molecule has 0 saturated carbocycles. The number of hydrogen-bond acceptors (Lipinski definition) is 3. The highest BCUT2D eigenvalue weighted by Gasteiger charge is 2.59. The highest BCUT2D eigenvalue weighted by Crippen LogP contribution is 2.49. The number of pyridine rings is 1. The molecule has 3 rings (SSSR count). The van der Waals surface area contributed by atoms with E-state index in [2.05, 4.69) is 4.98 Å². The lowest BCUT2D eigenvalue weighted by molar-refractivity contribution is -0.274. The van der Waals surface area contributed by atoms with E-state index in [1.807, 2.05) is 0 Å². The van der Waals surface area contributed by atoms with E-state index < -0.39 is 46.2 Å². The van der Waals surface area contributed by atoms with Gasteiger partial charge >= 0.3 is 12.1 Å². The molecule has 0 aliphatic carbocycles. The number of hydrogen-bond donors (Lipinski definition) is 3. The highest BCUT2D eigenvalue weighted by molar-refractivity contribution is 6.31. The van der Waals surface area contributed by atoms with Gasteiger partial charge in [-0.3, -0.25) is 4.79 Å². The molecule has 10 heteroatoms. The van der Waals surface area contributed by atoms with Crippen LogP contribution in [0.5, 0.6) is 0 Å². The van der Waals surface area contributed by atoms with Crippen LogP contribution >= 0.6 is 11.6 Å². The average molecular weight is 470 g/mol. The molecule has 0 aliphatic rings. The number of H-pyrrole nitrogens is 1. The molecule has 0 saturated heterocycles. The van der Waals surface area contributed by atoms with Crippen molar-refractivity contribution in [2.45, 2.75) is 24.6 Å². The van der Waals surface area contributed by atoms with Crippen LogP contribution in [0.1, 0.15) is 34.3 Å². The molecule has 0 unspecified atom stereocenters. The molecule has 2 atom stereocenters. The summed E-state index contributed by atoms with van der Waals surface area (Å²) in [6.45, 7) is 1.14. The Morgan fingerprint density at radius 2 is 1.69 bits per heavy atom. The molecule has 0 aliphatic heterocycles. The van der Waals surface area contributed by atoms with Crippen LogP contribution in [-0.4, -0.2) is 27.3 Å². The standard InChI is InChI=1S/C22H16ClF4NO4/c1-11(21(32,22(25,26)27)14-4-7-19(29)28-10-14)15-5-2-12(8-17(15)23)13-3-6-16(20(30)31)18(24)9-13/h2-11,32H,1H3,(H,28,29)(H,30,31)/t11-,21-/m0/s1. The smallest absolute Gasteiger partial charge is 0.422 e. The first-order valence-corrected chi connectivity index (χ1v) is 9.55. The van der Waals surface area contributed by atoms with Gasteiger partial charge in [0.15, 0.2) is 5.60 Å². The predicted octanol–water partition coefficient (Wildman–Crippen LogP) is 5.09. The molecule has 0 spiro atoms. The largest absolute Gasteiger partial charge is 0.478 e. The number of carbonyl (C=O) groups is 1. The second-order valence-electron chi connectivity index (χ2n) is 7.16. The second-order valence-corrected chi connectivity index (χ2v) is 7.57. The Morgan fingerprint density at radius 1 is 1.06 bits per heavy atom. The van der Waals surface area contributed by atoms with E-state index in [4.69, 9.17) is 16.7 Å². The first-order valence-electron chi connectivity index (χ1n) is 9.17. The SMILES string of the molecule is C[C@@H](c1ccc(-c2ccc(C(=O)O)c(F)c2)cc1Cl)[C@](O)(c1ccc(=O)[nH]c1)C(F)(F)F. The zero-order valence-electron chi connectivity index (χ0n) is 16.4. The maximum absolute atomic E-state index is 14.0. The number of aromatic carboxylic acids is 1. The molecule has 0 fully saturated rings. The molecular formula is C22H16ClF4NO4. The van der Waals surface area contributed by atoms with E-state index in [0.29, 0.717) is 5.56 Å². The third-order valence-corrected chi connectivity index (χ3v) is 5.61. The van der Waals surface area contributed by atoms with E-state index in [0.717, 1.165) is 37.4 Å². The van der Waals surface area contributed by atoms with Crippen molar-refractivity contribution in [3.05, 3.63) is 92.6 Å². The molecule has 0 amide bonds. The normalized spacial score (nSPS) is 14.6. The summed E-state index contributed by atoms with van der Waals surface area (Å²) in [6, 6.07) is 9.10. The maximum atomic E-state index is 14.0. The van der Waals surface area contributed by atoms with Crippen molar-refractivity contribution in [3.8, 4) is 11.1 Å². The van der Waals surface area contributed by atoms with E-state index in [-0.39, 0.29) is 16.1 Å². The van der Waals surface area contributed by atoms with Crippen LogP contribution < -0.4 is 5.56 Å². The van der Waals surface area contributed by atoms with Gasteiger partial charge in [0.2, 0.25) is 5.56 Å². The third-order valence-electron chi connectivity index (χ3n) is 5.28. The predicted molar refractivity (Wildman–Crippen MR) is 109 cm³/mol. The van der Waals surface area contributed by atoms with Crippen LogP contribution in [0, 0.1) is 5.82 Å². The van der Waals surface area contributed by atoms with Crippen LogP contribution in [0.15, 0.2) is 59.5 Å². The van der Waals surface area contributed by atoms with Gasteiger partial charge in [0.25, 0.3) is 0 Å². The summed E-state index contributed by atoms with van der Waals surface area (Å²) in [5.41, 5.74) is -4.53. The summed E-state index contributed by atoms with van der Waals surface area (Å²) < 4.78 is 55.9. The Labute approximate surface area is 183 Å². The van der Waals surface area contributed by atoms with Gasteiger partial charge in [0.1, 0.15) is 5.82 Å². The van der Waals surface area contributed by atoms with E-state index in [1.165, 1.54) is 24.3 Å². The number of halogens is 5. The zero-order chi connectivity index (χ0) is 23.8. The van der Waals surface area contributed by atoms with Gasteiger partial charge in [0, 0.05) is 28.8 Å². The number of benzene rings is 2. The van der Waals surface area contributed by atoms with Gasteiger partial charge in [-0.25, -0.2) is 9.18 Å². The van der Waals surface area contributed by atoms with Gasteiger partial charge in [-0.15, -0.1) is 0 Å². The molecule has 1 aromatic heterocycles. The molecular weight excluding hydrogens is 454 g/mol. The van der Waals surface area contributed by atoms with E-state index in [9.17, 15) is 32.3 Å². The van der Waals surface area contributed by atoms with Crippen molar-refractivity contribution in [3.63, 3.8) is 0 Å². The summed E-state index contributed by atoms with van der Waals surface area (Å²) in [4.78, 5) is 24.3. The number of nitrogens with one attached hydrogen (secondary N) is 1. The van der Waals surface area contributed by atoms with Gasteiger partial charge < -0.3 is 15.2 Å². The van der Waals surface area contributed by atoms with Crippen molar-refractivity contribution in [1.29, 1.82) is 0 Å². The molecule has 3 N–H and O–H groups in total. The van der Waals surface area contributed by atoms with Crippen molar-refractivity contribution in [2.24, 2.45) is 0 Å². The molecule has 3 aromatic rings. The van der Waals surface area contributed by atoms with Gasteiger partial charge in [0.05, 0.1) is 5.56 Å². The fourth-order valence-corrected chi connectivity index (χ4v) is 3.80. The van der Waals surface area contributed by atoms with Crippen molar-refractivity contribution < 1.29 is 32.6 Å². The molecule has 2 aromatic carbocycles. The minimum absolute atomic E-state index is 0.0379. The minimum atomic E-state index is -5.11. The number of carboxylic acids is 1. The lowest BCUT2D eigenvalue weighted by Gasteiger charge is -2.36. The lowest BCUT2D eigenvalue weighted by Crippen LogP contribution is -2.46. The number of aromatic amines is 1. The van der Waals surface area contributed by atoms with Crippen molar-refractivity contribution in [2.75, 3.05) is 0 Å². The molecule has 168 valence electrons. The third kappa shape index (κ3) is 4.13. The Kier molecular flexibility index (Phi) is 6.17. The van der Waals surface area contributed by atoms with Gasteiger partial charge in [-0.1, -0.05) is 36.7 Å². The summed E-state index contributed by atoms with van der Waals surface area (Å²) in [7, 11) is 0. The van der Waals surface area contributed by atoms with Crippen molar-refractivity contribution >= 4 is 17.6 Å². The van der Waals surface area contributed by atoms with Gasteiger partial charge in [-0.2, -0.15) is 13.2 Å². The topological polar surface area (TPSA) is 90.4 Å². The summed E-state index contributed by atoms with van der Waals surface area (Å²) in [5.74, 6) is -4.00. The first-order chi connectivity index (χ1) is 14.9. The number of rotatable bonds is 5. The quantitative estimate of drug-likeness (QED) is 0.454. The van der Waals surface area contributed by atoms with Crippen LogP contribution in [0.25, 0.3) is 11.1 Å². The summed E-state index contributed by atoms with van der Waals surface area (Å²) >= 11 is 6.24. The molecule has 32 heavy (non-hydrogen) atoms. The second kappa shape index (κ2) is 8.40. The van der Waals surface area contributed by atoms with Crippen LogP contribution in [0.3, 0.4) is 0 Å². The fourth-order valence-electron chi connectivity index (χ4n) is 3.46. The Hall–Kier alpha value is -3.17. The van der Waals surface area contributed by atoms with Crippen LogP contribution in [0.4, 0.5) is 17.6 Å². The Bertz CT molecular complexity index is 1220. The van der Waals surface area contributed by atoms with Gasteiger partial charge in [-0.05, 0) is 41.0 Å². The number of carboxylic acid groups (broad SMARTS) is 1. The number of alkyl halides is 3. The maximum Gasteiger partial charge on any atom is 0.422 e. The molecule has 0 bridgehead atoms. The first kappa shape index (κ1) is 23.5. The molecule has 0 radical (unpaired) electrons. The Balaban J connectivity index is 2.05. The summed E-state index contributed by atoms with van der Waals surface area (Å²) in [5, 5.41) is 19.6. The fraction of sp³-hybridized carbons (Fsp3) is 0.182. The average Bonchev–Trinajstić information content (AvgIpc) is 2.72. The lowest BCUT2D eigenvalue weighted by atomic mass is 9.78. The number of aliphatic hydroxyl groups is 1. The van der Waals surface area contributed by atoms with Crippen LogP contribution in [0.2, 0.25) is 5.02 Å². The van der Waals surface area contributed by atoms with E-state index >= 15 is 0 Å². The molecule has 1 heterocycles. The minimum Gasteiger partial charge on any atom is -0.478 e. The number of aromatic nitrogens is 1. The van der Waals surface area contributed by atoms with Crippen LogP contribution in [-0.2, 0) is 5.60 Å². The summed E-state index contributed by atoms with van der Waals surface area (Å²) in [6.07, 6.45) is -4.32. The zero-order valence-corrected chi connectivity index (χ0v) is 17.1. The molecule has 5 nitrogen and oxygen atoms in total.